The van der Waals surface area contributed by atoms with Crippen molar-refractivity contribution in [2.75, 3.05) is 11.9 Å². The van der Waals surface area contributed by atoms with Gasteiger partial charge in [0.05, 0.1) is 6.20 Å². The molecule has 0 radical (unpaired) electrons. The molecule has 5 rings (SSSR count). The highest BCUT2D eigenvalue weighted by Crippen LogP contribution is 2.44. The number of carboxylic acid groups (broad SMARTS) is 1. The van der Waals surface area contributed by atoms with Crippen LogP contribution in [0.2, 0.25) is 0 Å². The summed E-state index contributed by atoms with van der Waals surface area (Å²) in [5.74, 6) is -1.62. The van der Waals surface area contributed by atoms with Crippen molar-refractivity contribution in [3.8, 4) is 11.1 Å². The summed E-state index contributed by atoms with van der Waals surface area (Å²) in [7, 11) is 1.58. The summed E-state index contributed by atoms with van der Waals surface area (Å²) >= 11 is 0. The Bertz CT molecular complexity index is 1260. The topological polar surface area (TPSA) is 123 Å². The second-order valence-electron chi connectivity index (χ2n) is 9.03. The zero-order valence-corrected chi connectivity index (χ0v) is 19.3. The number of aryl methyl sites for hydroxylation is 1. The Morgan fingerprint density at radius 1 is 1.06 bits per heavy atom. The Morgan fingerprint density at radius 2 is 1.66 bits per heavy atom. The van der Waals surface area contributed by atoms with Gasteiger partial charge in [-0.25, -0.2) is 9.59 Å². The number of hydrogen-bond donors (Lipinski definition) is 3. The molecule has 1 fully saturated rings. The van der Waals surface area contributed by atoms with Crippen molar-refractivity contribution in [2.45, 2.75) is 37.1 Å². The standard InChI is InChI=1S/C26H26N4O5/c1-30-22(20(14-27-30)23(31)29-26(24(32)33)12-6-7-13-26)28-25(34)35-15-21-18-10-4-2-8-16(18)17-9-3-5-11-19(17)21/h2-5,8-11,14,21H,6-7,12-13,15H2,1H3,(H,28,34)(H,29,31)(H,32,33). The predicted octanol–water partition coefficient (Wildman–Crippen LogP) is 3.91. The van der Waals surface area contributed by atoms with Crippen LogP contribution in [0, 0.1) is 0 Å². The summed E-state index contributed by atoms with van der Waals surface area (Å²) in [5.41, 5.74) is 3.22. The number of amides is 2. The van der Waals surface area contributed by atoms with Gasteiger partial charge in [0, 0.05) is 13.0 Å². The maximum absolute atomic E-state index is 12.9. The van der Waals surface area contributed by atoms with Gasteiger partial charge in [-0.3, -0.25) is 14.8 Å². The lowest BCUT2D eigenvalue weighted by Gasteiger charge is -2.25. The van der Waals surface area contributed by atoms with Gasteiger partial charge in [0.15, 0.2) is 0 Å². The summed E-state index contributed by atoms with van der Waals surface area (Å²) in [5, 5.41) is 19.0. The molecule has 2 aliphatic rings. The Kier molecular flexibility index (Phi) is 5.76. The number of carbonyl (C=O) groups is 3. The fraction of sp³-hybridized carbons (Fsp3) is 0.308. The minimum Gasteiger partial charge on any atom is -0.480 e. The van der Waals surface area contributed by atoms with Crippen molar-refractivity contribution in [3.63, 3.8) is 0 Å². The van der Waals surface area contributed by atoms with E-state index in [9.17, 15) is 19.5 Å². The van der Waals surface area contributed by atoms with Crippen molar-refractivity contribution in [2.24, 2.45) is 7.05 Å². The predicted molar refractivity (Wildman–Crippen MR) is 128 cm³/mol. The van der Waals surface area contributed by atoms with E-state index in [0.29, 0.717) is 12.8 Å². The molecule has 35 heavy (non-hydrogen) atoms. The van der Waals surface area contributed by atoms with Crippen LogP contribution in [0.4, 0.5) is 10.6 Å². The maximum Gasteiger partial charge on any atom is 0.412 e. The fourth-order valence-corrected chi connectivity index (χ4v) is 5.14. The number of nitrogens with zero attached hydrogens (tertiary/aromatic N) is 2. The van der Waals surface area contributed by atoms with Gasteiger partial charge in [-0.1, -0.05) is 61.4 Å². The maximum atomic E-state index is 12.9. The van der Waals surface area contributed by atoms with Crippen LogP contribution in [0.25, 0.3) is 11.1 Å². The number of aliphatic carboxylic acids is 1. The molecule has 1 aromatic heterocycles. The van der Waals surface area contributed by atoms with E-state index in [1.807, 2.05) is 36.4 Å². The summed E-state index contributed by atoms with van der Waals surface area (Å²) in [6, 6.07) is 16.1. The molecule has 9 heteroatoms. The Labute approximate surface area is 202 Å². The van der Waals surface area contributed by atoms with Gasteiger partial charge in [0.2, 0.25) is 0 Å². The normalized spacial score (nSPS) is 15.8. The highest BCUT2D eigenvalue weighted by Gasteiger charge is 2.43. The van der Waals surface area contributed by atoms with Gasteiger partial charge in [0.1, 0.15) is 23.5 Å². The second kappa shape index (κ2) is 8.90. The third-order valence-electron chi connectivity index (χ3n) is 6.97. The molecule has 0 unspecified atom stereocenters. The third-order valence-corrected chi connectivity index (χ3v) is 6.97. The van der Waals surface area contributed by atoms with Gasteiger partial charge in [-0.05, 0) is 35.1 Å². The van der Waals surface area contributed by atoms with Crippen LogP contribution >= 0.6 is 0 Å². The summed E-state index contributed by atoms with van der Waals surface area (Å²) in [4.78, 5) is 37.5. The van der Waals surface area contributed by atoms with E-state index >= 15 is 0 Å². The van der Waals surface area contributed by atoms with Crippen molar-refractivity contribution in [3.05, 3.63) is 71.4 Å². The summed E-state index contributed by atoms with van der Waals surface area (Å²) in [6.07, 6.45) is 2.76. The van der Waals surface area contributed by atoms with Gasteiger partial charge in [-0.2, -0.15) is 5.10 Å². The summed E-state index contributed by atoms with van der Waals surface area (Å²) in [6.45, 7) is 0.126. The number of anilines is 1. The van der Waals surface area contributed by atoms with Crippen molar-refractivity contribution >= 4 is 23.8 Å². The molecule has 2 amide bonds. The highest BCUT2D eigenvalue weighted by molar-refractivity contribution is 6.03. The SMILES string of the molecule is Cn1ncc(C(=O)NC2(C(=O)O)CCCC2)c1NC(=O)OCC1c2ccccc2-c2ccccc21. The van der Waals surface area contributed by atoms with E-state index in [0.717, 1.165) is 35.1 Å². The lowest BCUT2D eigenvalue weighted by Crippen LogP contribution is -2.52. The number of hydrogen-bond acceptors (Lipinski definition) is 5. The average Bonchev–Trinajstić information content (AvgIpc) is 3.55. The molecule has 2 aliphatic carbocycles. The molecule has 9 nitrogen and oxygen atoms in total. The number of rotatable bonds is 6. The zero-order chi connectivity index (χ0) is 24.6. The lowest BCUT2D eigenvalue weighted by molar-refractivity contribution is -0.144. The first-order valence-electron chi connectivity index (χ1n) is 11.6. The Hall–Kier alpha value is -4.14. The number of carboxylic acids is 1. The van der Waals surface area contributed by atoms with Crippen LogP contribution in [-0.4, -0.2) is 45.0 Å². The first-order valence-corrected chi connectivity index (χ1v) is 11.6. The number of carbonyl (C=O) groups excluding carboxylic acids is 2. The van der Waals surface area contributed by atoms with Gasteiger partial charge < -0.3 is 15.2 Å². The number of aromatic nitrogens is 2. The first-order chi connectivity index (χ1) is 16.9. The van der Waals surface area contributed by atoms with E-state index in [1.54, 1.807) is 7.05 Å². The fourth-order valence-electron chi connectivity index (χ4n) is 5.14. The van der Waals surface area contributed by atoms with Crippen LogP contribution in [0.1, 0.15) is 53.1 Å². The monoisotopic (exact) mass is 474 g/mol. The van der Waals surface area contributed by atoms with E-state index in [2.05, 4.69) is 27.9 Å². The van der Waals surface area contributed by atoms with Gasteiger partial charge in [0.25, 0.3) is 5.91 Å². The second-order valence-corrected chi connectivity index (χ2v) is 9.03. The quantitative estimate of drug-likeness (QED) is 0.498. The molecule has 2 aromatic carbocycles. The van der Waals surface area contributed by atoms with Crippen molar-refractivity contribution in [1.82, 2.24) is 15.1 Å². The molecule has 1 saturated carbocycles. The molecule has 3 N–H and O–H groups in total. The van der Waals surface area contributed by atoms with Crippen LogP contribution in [0.5, 0.6) is 0 Å². The molecule has 0 atom stereocenters. The van der Waals surface area contributed by atoms with Crippen LogP contribution < -0.4 is 10.6 Å². The van der Waals surface area contributed by atoms with E-state index in [4.69, 9.17) is 4.74 Å². The molecule has 0 spiro atoms. The molecular weight excluding hydrogens is 448 g/mol. The molecule has 1 heterocycles. The minimum atomic E-state index is -1.30. The number of ether oxygens (including phenoxy) is 1. The van der Waals surface area contributed by atoms with Gasteiger partial charge >= 0.3 is 12.1 Å². The number of benzene rings is 2. The molecule has 0 aliphatic heterocycles. The largest absolute Gasteiger partial charge is 0.480 e. The van der Waals surface area contributed by atoms with Crippen LogP contribution in [0.3, 0.4) is 0 Å². The summed E-state index contributed by atoms with van der Waals surface area (Å²) < 4.78 is 6.92. The Morgan fingerprint density at radius 3 is 2.26 bits per heavy atom. The van der Waals surface area contributed by atoms with Crippen molar-refractivity contribution < 1.29 is 24.2 Å². The Balaban J connectivity index is 1.29. The van der Waals surface area contributed by atoms with E-state index in [-0.39, 0.29) is 23.9 Å². The zero-order valence-electron chi connectivity index (χ0n) is 19.3. The minimum absolute atomic E-state index is 0.0773. The third kappa shape index (κ3) is 4.03. The molecule has 0 saturated heterocycles. The van der Waals surface area contributed by atoms with Crippen molar-refractivity contribution in [1.29, 1.82) is 0 Å². The highest BCUT2D eigenvalue weighted by atomic mass is 16.5. The average molecular weight is 475 g/mol. The molecular formula is C26H26N4O5. The molecule has 180 valence electrons. The molecule has 0 bridgehead atoms. The smallest absolute Gasteiger partial charge is 0.412 e. The van der Waals surface area contributed by atoms with Crippen LogP contribution in [-0.2, 0) is 16.6 Å². The first kappa shape index (κ1) is 22.6. The van der Waals surface area contributed by atoms with Crippen LogP contribution in [0.15, 0.2) is 54.7 Å². The lowest BCUT2D eigenvalue weighted by atomic mass is 9.97. The molecule has 3 aromatic rings. The van der Waals surface area contributed by atoms with E-state index in [1.165, 1.54) is 10.9 Å². The van der Waals surface area contributed by atoms with Gasteiger partial charge in [-0.15, -0.1) is 0 Å². The van der Waals surface area contributed by atoms with E-state index < -0.39 is 23.5 Å². The number of fused-ring (bicyclic) bond motifs is 3. The number of nitrogens with one attached hydrogen (secondary N) is 2.